The van der Waals surface area contributed by atoms with Gasteiger partial charge in [-0.3, -0.25) is 14.9 Å². The number of amides is 1. The number of carbonyl (C=O) groups excluding carboxylic acids is 1. The number of hydrogen-bond donors (Lipinski definition) is 1. The van der Waals surface area contributed by atoms with Crippen LogP contribution in [0.25, 0.3) is 0 Å². The molecule has 7 nitrogen and oxygen atoms in total. The van der Waals surface area contributed by atoms with Crippen molar-refractivity contribution in [1.29, 1.82) is 0 Å². The zero-order valence-electron chi connectivity index (χ0n) is 16.3. The van der Waals surface area contributed by atoms with Gasteiger partial charge in [0.15, 0.2) is 6.61 Å². The molecule has 1 amide bonds. The van der Waals surface area contributed by atoms with Gasteiger partial charge in [-0.05, 0) is 36.5 Å². The van der Waals surface area contributed by atoms with Crippen molar-refractivity contribution < 1.29 is 14.5 Å². The third kappa shape index (κ3) is 6.16. The molecule has 0 saturated carbocycles. The molecule has 1 aromatic heterocycles. The van der Waals surface area contributed by atoms with Crippen molar-refractivity contribution in [2.75, 3.05) is 6.61 Å². The summed E-state index contributed by atoms with van der Waals surface area (Å²) in [6.45, 7) is 6.05. The first-order valence-corrected chi connectivity index (χ1v) is 10.1. The Bertz CT molecular complexity index is 830. The van der Waals surface area contributed by atoms with E-state index in [2.05, 4.69) is 24.4 Å². The number of aryl methyl sites for hydroxylation is 1. The Morgan fingerprint density at radius 2 is 2.07 bits per heavy atom. The molecule has 1 heterocycles. The number of rotatable bonds is 10. The topological polar surface area (TPSA) is 93.8 Å². The minimum absolute atomic E-state index is 0.0836. The number of carbonyl (C=O) groups is 1. The standard InChI is InChI=1S/C20H25N3O4S/c1-4-6-14(3)15-7-9-16(10-8-15)27-13-20(24)22-21-12-17-11-18(23(25)26)19(5-2)28-17/h7-12,14H,4-6,13H2,1-3H3,(H,22,24)/b21-12-/t14-/m0/s1. The molecule has 1 aromatic carbocycles. The van der Waals surface area contributed by atoms with E-state index in [9.17, 15) is 14.9 Å². The Labute approximate surface area is 168 Å². The van der Waals surface area contributed by atoms with Crippen LogP contribution in [0.2, 0.25) is 0 Å². The highest BCUT2D eigenvalue weighted by atomic mass is 32.1. The van der Waals surface area contributed by atoms with Crippen molar-refractivity contribution in [3.8, 4) is 5.75 Å². The number of nitrogens with zero attached hydrogens (tertiary/aromatic N) is 2. The van der Waals surface area contributed by atoms with Gasteiger partial charge < -0.3 is 4.74 Å². The van der Waals surface area contributed by atoms with Crippen molar-refractivity contribution in [3.05, 3.63) is 55.8 Å². The van der Waals surface area contributed by atoms with Gasteiger partial charge in [0.25, 0.3) is 11.6 Å². The van der Waals surface area contributed by atoms with Crippen LogP contribution in [0.4, 0.5) is 5.69 Å². The molecule has 150 valence electrons. The Kier molecular flexibility index (Phi) is 8.13. The Morgan fingerprint density at radius 1 is 1.36 bits per heavy atom. The maximum absolute atomic E-state index is 11.8. The molecule has 0 radical (unpaired) electrons. The van der Waals surface area contributed by atoms with Gasteiger partial charge in [-0.15, -0.1) is 11.3 Å². The van der Waals surface area contributed by atoms with Gasteiger partial charge in [-0.1, -0.05) is 39.3 Å². The molecule has 0 fully saturated rings. The predicted molar refractivity (Wildman–Crippen MR) is 111 cm³/mol. The summed E-state index contributed by atoms with van der Waals surface area (Å²) in [6, 6.07) is 9.20. The second kappa shape index (κ2) is 10.6. The number of ether oxygens (including phenoxy) is 1. The second-order valence-corrected chi connectivity index (χ2v) is 7.58. The first-order chi connectivity index (χ1) is 13.4. The van der Waals surface area contributed by atoms with Crippen LogP contribution in [0, 0.1) is 10.1 Å². The van der Waals surface area contributed by atoms with E-state index in [0.717, 1.165) is 12.8 Å². The lowest BCUT2D eigenvalue weighted by molar-refractivity contribution is -0.385. The number of nitro groups is 1. The molecule has 0 aliphatic rings. The highest BCUT2D eigenvalue weighted by Gasteiger charge is 2.16. The molecule has 0 aliphatic carbocycles. The Hall–Kier alpha value is -2.74. The van der Waals surface area contributed by atoms with E-state index in [1.54, 1.807) is 0 Å². The van der Waals surface area contributed by atoms with E-state index in [4.69, 9.17) is 4.74 Å². The summed E-state index contributed by atoms with van der Waals surface area (Å²) in [7, 11) is 0. The van der Waals surface area contributed by atoms with Gasteiger partial charge >= 0.3 is 0 Å². The zero-order valence-corrected chi connectivity index (χ0v) is 17.1. The van der Waals surface area contributed by atoms with E-state index in [1.807, 2.05) is 31.2 Å². The van der Waals surface area contributed by atoms with Gasteiger partial charge in [0, 0.05) is 6.07 Å². The molecular weight excluding hydrogens is 378 g/mol. The molecular formula is C20H25N3O4S. The highest BCUT2D eigenvalue weighted by Crippen LogP contribution is 2.28. The van der Waals surface area contributed by atoms with Gasteiger partial charge in [0.05, 0.1) is 20.9 Å². The van der Waals surface area contributed by atoms with Crippen molar-refractivity contribution in [3.63, 3.8) is 0 Å². The van der Waals surface area contributed by atoms with E-state index in [1.165, 1.54) is 29.2 Å². The Morgan fingerprint density at radius 3 is 2.64 bits per heavy atom. The first-order valence-electron chi connectivity index (χ1n) is 9.26. The average Bonchev–Trinajstić information content (AvgIpc) is 3.10. The fraction of sp³-hybridized carbons (Fsp3) is 0.400. The summed E-state index contributed by atoms with van der Waals surface area (Å²) >= 11 is 1.28. The molecule has 8 heteroatoms. The monoisotopic (exact) mass is 403 g/mol. The summed E-state index contributed by atoms with van der Waals surface area (Å²) in [5, 5.41) is 14.8. The smallest absolute Gasteiger partial charge is 0.283 e. The molecule has 0 bridgehead atoms. The molecule has 0 saturated heterocycles. The van der Waals surface area contributed by atoms with Gasteiger partial charge in [-0.25, -0.2) is 5.43 Å². The van der Waals surface area contributed by atoms with Gasteiger partial charge in [0.1, 0.15) is 5.75 Å². The average molecular weight is 404 g/mol. The van der Waals surface area contributed by atoms with Crippen molar-refractivity contribution in [1.82, 2.24) is 5.43 Å². The minimum atomic E-state index is -0.409. The van der Waals surface area contributed by atoms with Gasteiger partial charge in [-0.2, -0.15) is 5.10 Å². The summed E-state index contributed by atoms with van der Waals surface area (Å²) < 4.78 is 5.46. The normalized spacial score (nSPS) is 12.1. The number of thiophene rings is 1. The lowest BCUT2D eigenvalue weighted by Gasteiger charge is -2.11. The quantitative estimate of drug-likeness (QED) is 0.355. The van der Waals surface area contributed by atoms with Crippen LogP contribution in [-0.4, -0.2) is 23.7 Å². The summed E-state index contributed by atoms with van der Waals surface area (Å²) in [5.74, 6) is 0.715. The van der Waals surface area contributed by atoms with E-state index >= 15 is 0 Å². The molecule has 0 unspecified atom stereocenters. The molecule has 0 aliphatic heterocycles. The molecule has 0 spiro atoms. The molecule has 1 N–H and O–H groups in total. The highest BCUT2D eigenvalue weighted by molar-refractivity contribution is 7.14. The largest absolute Gasteiger partial charge is 0.484 e. The van der Waals surface area contributed by atoms with Crippen LogP contribution in [0.5, 0.6) is 5.75 Å². The Balaban J connectivity index is 1.83. The third-order valence-corrected chi connectivity index (χ3v) is 5.45. The molecule has 2 aromatic rings. The SMILES string of the molecule is CCC[C@H](C)c1ccc(OCC(=O)N/N=C\c2cc([N+](=O)[O-])c(CC)s2)cc1. The maximum atomic E-state index is 11.8. The van der Waals surface area contributed by atoms with E-state index in [-0.39, 0.29) is 12.3 Å². The van der Waals surface area contributed by atoms with E-state index < -0.39 is 10.8 Å². The number of benzene rings is 1. The fourth-order valence-corrected chi connectivity index (χ4v) is 3.69. The summed E-state index contributed by atoms with van der Waals surface area (Å²) in [5.41, 5.74) is 3.70. The van der Waals surface area contributed by atoms with Crippen LogP contribution in [0.1, 0.15) is 54.8 Å². The molecule has 2 rings (SSSR count). The van der Waals surface area contributed by atoms with Crippen LogP contribution in [-0.2, 0) is 11.2 Å². The molecule has 28 heavy (non-hydrogen) atoms. The van der Waals surface area contributed by atoms with Crippen molar-refractivity contribution in [2.45, 2.75) is 46.0 Å². The number of nitrogens with one attached hydrogen (secondary N) is 1. The van der Waals surface area contributed by atoms with Crippen LogP contribution < -0.4 is 10.2 Å². The van der Waals surface area contributed by atoms with Crippen LogP contribution in [0.3, 0.4) is 0 Å². The maximum Gasteiger partial charge on any atom is 0.283 e. The number of hydrazone groups is 1. The van der Waals surface area contributed by atoms with Gasteiger partial charge in [0.2, 0.25) is 0 Å². The fourth-order valence-electron chi connectivity index (χ4n) is 2.75. The lowest BCUT2D eigenvalue weighted by atomic mass is 9.97. The lowest BCUT2D eigenvalue weighted by Crippen LogP contribution is -2.24. The molecule has 1 atom stereocenters. The van der Waals surface area contributed by atoms with Crippen LogP contribution >= 0.6 is 11.3 Å². The van der Waals surface area contributed by atoms with Crippen LogP contribution in [0.15, 0.2) is 35.4 Å². The first kappa shape index (κ1) is 21.6. The van der Waals surface area contributed by atoms with Crippen molar-refractivity contribution in [2.24, 2.45) is 5.10 Å². The summed E-state index contributed by atoms with van der Waals surface area (Å²) in [6.07, 6.45) is 4.25. The number of hydrogen-bond acceptors (Lipinski definition) is 6. The zero-order chi connectivity index (χ0) is 20.5. The second-order valence-electron chi connectivity index (χ2n) is 6.41. The van der Waals surface area contributed by atoms with Crippen molar-refractivity contribution >= 4 is 29.1 Å². The third-order valence-electron chi connectivity index (χ3n) is 4.25. The predicted octanol–water partition coefficient (Wildman–Crippen LogP) is 4.65. The van der Waals surface area contributed by atoms with E-state index in [0.29, 0.717) is 27.8 Å². The summed E-state index contributed by atoms with van der Waals surface area (Å²) in [4.78, 5) is 23.7. The minimum Gasteiger partial charge on any atom is -0.484 e.